The maximum atomic E-state index is 13.3. The molecule has 0 saturated carbocycles. The molecule has 0 atom stereocenters. The van der Waals surface area contributed by atoms with Crippen molar-refractivity contribution in [1.29, 1.82) is 0 Å². The molecule has 1 aromatic heterocycles. The van der Waals surface area contributed by atoms with Crippen molar-refractivity contribution in [2.45, 2.75) is 13.1 Å². The molecule has 6 nitrogen and oxygen atoms in total. The summed E-state index contributed by atoms with van der Waals surface area (Å²) in [5.41, 5.74) is 3.51. The van der Waals surface area contributed by atoms with Gasteiger partial charge >= 0.3 is 0 Å². The molecule has 8 heteroatoms. The summed E-state index contributed by atoms with van der Waals surface area (Å²) < 4.78 is 18.7. The van der Waals surface area contributed by atoms with Gasteiger partial charge in [-0.25, -0.2) is 4.39 Å². The van der Waals surface area contributed by atoms with Gasteiger partial charge in [-0.05, 0) is 17.7 Å². The molecule has 0 radical (unpaired) electrons. The molecule has 2 heterocycles. The molecule has 1 saturated heterocycles. The Labute approximate surface area is 180 Å². The molecule has 1 aliphatic heterocycles. The van der Waals surface area contributed by atoms with Crippen molar-refractivity contribution in [2.75, 3.05) is 39.4 Å². The van der Waals surface area contributed by atoms with Crippen LogP contribution in [0.25, 0.3) is 11.3 Å². The van der Waals surface area contributed by atoms with Crippen molar-refractivity contribution in [2.24, 2.45) is 0 Å². The summed E-state index contributed by atoms with van der Waals surface area (Å²) in [5.74, 6) is -0.354. The first kappa shape index (κ1) is 20.9. The van der Waals surface area contributed by atoms with E-state index < -0.39 is 0 Å². The average molecular weight is 430 g/mol. The van der Waals surface area contributed by atoms with Gasteiger partial charge in [0.15, 0.2) is 0 Å². The Morgan fingerprint density at radius 2 is 1.87 bits per heavy atom. The number of nitrogens with one attached hydrogen (secondary N) is 1. The zero-order valence-electron chi connectivity index (χ0n) is 16.7. The van der Waals surface area contributed by atoms with Crippen molar-refractivity contribution in [3.05, 3.63) is 70.6 Å². The Morgan fingerprint density at radius 1 is 1.07 bits per heavy atom. The van der Waals surface area contributed by atoms with E-state index in [1.807, 2.05) is 30.3 Å². The number of hydrogen-bond acceptors (Lipinski definition) is 5. The van der Waals surface area contributed by atoms with Crippen LogP contribution in [-0.2, 0) is 17.8 Å². The smallest absolute Gasteiger partial charge is 0.124 e. The first-order valence-corrected chi connectivity index (χ1v) is 10.5. The minimum Gasteiger partial charge on any atom is -0.379 e. The fourth-order valence-electron chi connectivity index (χ4n) is 3.46. The maximum Gasteiger partial charge on any atom is 0.124 e. The average Bonchev–Trinajstić information content (AvgIpc) is 3.17. The van der Waals surface area contributed by atoms with E-state index in [1.54, 1.807) is 10.9 Å². The number of ether oxygens (including phenoxy) is 1. The number of benzene rings is 2. The molecule has 158 valence electrons. The molecule has 0 aliphatic carbocycles. The van der Waals surface area contributed by atoms with Crippen molar-refractivity contribution in [1.82, 2.24) is 25.2 Å². The predicted octanol–water partition coefficient (Wildman–Crippen LogP) is 3.21. The minimum atomic E-state index is -0.354. The quantitative estimate of drug-likeness (QED) is 0.557. The van der Waals surface area contributed by atoms with Gasteiger partial charge in [0.2, 0.25) is 0 Å². The molecule has 30 heavy (non-hydrogen) atoms. The highest BCUT2D eigenvalue weighted by atomic mass is 35.5. The lowest BCUT2D eigenvalue weighted by molar-refractivity contribution is 0.0384. The third-order valence-corrected chi connectivity index (χ3v) is 5.45. The minimum absolute atomic E-state index is 0.354. The van der Waals surface area contributed by atoms with E-state index in [9.17, 15) is 4.39 Å². The van der Waals surface area contributed by atoms with Crippen LogP contribution in [0.3, 0.4) is 0 Å². The monoisotopic (exact) mass is 429 g/mol. The van der Waals surface area contributed by atoms with Crippen LogP contribution in [-0.4, -0.2) is 59.3 Å². The largest absolute Gasteiger partial charge is 0.379 e. The van der Waals surface area contributed by atoms with Gasteiger partial charge in [0.05, 0.1) is 19.8 Å². The van der Waals surface area contributed by atoms with Crippen LogP contribution in [0.15, 0.2) is 48.5 Å². The van der Waals surface area contributed by atoms with Crippen LogP contribution in [0, 0.1) is 5.82 Å². The van der Waals surface area contributed by atoms with Gasteiger partial charge in [0, 0.05) is 43.3 Å². The Kier molecular flexibility index (Phi) is 7.07. The van der Waals surface area contributed by atoms with Crippen LogP contribution in [0.2, 0.25) is 5.02 Å². The second kappa shape index (κ2) is 10.1. The standard InChI is InChI=1S/C22H25ClFN5O/c23-20-14-19(24)7-6-18(20)16-29-26-21(22(27-29)17-4-2-1-3-5-17)15-25-8-9-28-10-12-30-13-11-28/h1-7,14,25H,8-13,15-16H2. The fraction of sp³-hybridized carbons (Fsp3) is 0.364. The summed E-state index contributed by atoms with van der Waals surface area (Å²) in [6.07, 6.45) is 0. The summed E-state index contributed by atoms with van der Waals surface area (Å²) in [5, 5.41) is 13.2. The van der Waals surface area contributed by atoms with Crippen LogP contribution in [0.4, 0.5) is 4.39 Å². The Bertz CT molecular complexity index is 959. The van der Waals surface area contributed by atoms with E-state index in [1.165, 1.54) is 12.1 Å². The molecule has 2 aromatic carbocycles. The van der Waals surface area contributed by atoms with Crippen LogP contribution in [0.5, 0.6) is 0 Å². The second-order valence-corrected chi connectivity index (χ2v) is 7.67. The van der Waals surface area contributed by atoms with Gasteiger partial charge in [-0.3, -0.25) is 4.90 Å². The topological polar surface area (TPSA) is 55.2 Å². The van der Waals surface area contributed by atoms with E-state index in [2.05, 4.69) is 15.3 Å². The lowest BCUT2D eigenvalue weighted by atomic mass is 10.1. The SMILES string of the molecule is Fc1ccc(Cn2nc(CNCCN3CCOCC3)c(-c3ccccc3)n2)c(Cl)c1. The number of halogens is 2. The number of morpholine rings is 1. The lowest BCUT2D eigenvalue weighted by Gasteiger charge is -2.26. The maximum absolute atomic E-state index is 13.3. The van der Waals surface area contributed by atoms with Crippen molar-refractivity contribution in [3.63, 3.8) is 0 Å². The summed E-state index contributed by atoms with van der Waals surface area (Å²) in [6.45, 7) is 6.40. The molecule has 1 N–H and O–H groups in total. The highest BCUT2D eigenvalue weighted by Gasteiger charge is 2.15. The molecular weight excluding hydrogens is 405 g/mol. The molecule has 4 rings (SSSR count). The molecular formula is C22H25ClFN5O. The van der Waals surface area contributed by atoms with Crippen LogP contribution < -0.4 is 5.32 Å². The molecule has 3 aromatic rings. The van der Waals surface area contributed by atoms with Crippen molar-refractivity contribution >= 4 is 11.6 Å². The lowest BCUT2D eigenvalue weighted by Crippen LogP contribution is -2.40. The normalized spacial score (nSPS) is 14.9. The van der Waals surface area contributed by atoms with Crippen molar-refractivity contribution in [3.8, 4) is 11.3 Å². The third kappa shape index (κ3) is 5.43. The van der Waals surface area contributed by atoms with Crippen molar-refractivity contribution < 1.29 is 9.13 Å². The molecule has 1 fully saturated rings. The van der Waals surface area contributed by atoms with E-state index in [-0.39, 0.29) is 5.82 Å². The summed E-state index contributed by atoms with van der Waals surface area (Å²) in [7, 11) is 0. The highest BCUT2D eigenvalue weighted by molar-refractivity contribution is 6.31. The fourth-order valence-corrected chi connectivity index (χ4v) is 3.69. The Hall–Kier alpha value is -2.32. The van der Waals surface area contributed by atoms with E-state index in [0.717, 1.165) is 61.9 Å². The molecule has 0 bridgehead atoms. The zero-order valence-corrected chi connectivity index (χ0v) is 17.5. The number of rotatable bonds is 8. The summed E-state index contributed by atoms with van der Waals surface area (Å²) in [4.78, 5) is 4.02. The molecule has 0 spiro atoms. The molecule has 0 amide bonds. The molecule has 0 unspecified atom stereocenters. The first-order valence-electron chi connectivity index (χ1n) is 10.1. The van der Waals surface area contributed by atoms with Gasteiger partial charge in [-0.15, -0.1) is 0 Å². The van der Waals surface area contributed by atoms with Gasteiger partial charge in [-0.2, -0.15) is 15.0 Å². The number of aromatic nitrogens is 3. The van der Waals surface area contributed by atoms with Crippen LogP contribution in [0.1, 0.15) is 11.3 Å². The highest BCUT2D eigenvalue weighted by Crippen LogP contribution is 2.22. The van der Waals surface area contributed by atoms with E-state index in [0.29, 0.717) is 18.1 Å². The van der Waals surface area contributed by atoms with E-state index >= 15 is 0 Å². The zero-order chi connectivity index (χ0) is 20.8. The van der Waals surface area contributed by atoms with Crippen LogP contribution >= 0.6 is 11.6 Å². The number of nitrogens with zero attached hydrogens (tertiary/aromatic N) is 4. The number of hydrogen-bond donors (Lipinski definition) is 1. The third-order valence-electron chi connectivity index (χ3n) is 5.10. The predicted molar refractivity (Wildman–Crippen MR) is 115 cm³/mol. The van der Waals surface area contributed by atoms with Gasteiger partial charge < -0.3 is 10.1 Å². The van der Waals surface area contributed by atoms with Gasteiger partial charge in [0.1, 0.15) is 17.2 Å². The van der Waals surface area contributed by atoms with Gasteiger partial charge in [-0.1, -0.05) is 48.0 Å². The summed E-state index contributed by atoms with van der Waals surface area (Å²) in [6, 6.07) is 14.4. The first-order chi connectivity index (χ1) is 14.7. The van der Waals surface area contributed by atoms with Gasteiger partial charge in [0.25, 0.3) is 0 Å². The van der Waals surface area contributed by atoms with E-state index in [4.69, 9.17) is 21.4 Å². The Balaban J connectivity index is 1.46. The molecule has 1 aliphatic rings. The second-order valence-electron chi connectivity index (χ2n) is 7.26. The Morgan fingerprint density at radius 3 is 2.63 bits per heavy atom. The summed E-state index contributed by atoms with van der Waals surface area (Å²) >= 11 is 6.18.